The van der Waals surface area contributed by atoms with E-state index in [0.717, 1.165) is 5.56 Å². The Morgan fingerprint density at radius 3 is 2.50 bits per heavy atom. The largest absolute Gasteiger partial charge is 0.366 e. The second-order valence-electron chi connectivity index (χ2n) is 5.83. The summed E-state index contributed by atoms with van der Waals surface area (Å²) in [7, 11) is -2.15. The molecule has 3 aromatic rings. The van der Waals surface area contributed by atoms with E-state index < -0.39 is 14.9 Å². The van der Waals surface area contributed by atoms with Gasteiger partial charge in [0.15, 0.2) is 0 Å². The Labute approximate surface area is 160 Å². The minimum absolute atomic E-state index is 0.108. The summed E-state index contributed by atoms with van der Waals surface area (Å²) in [6.07, 6.45) is 0. The molecule has 0 amide bonds. The molecule has 0 aliphatic carbocycles. The normalized spacial score (nSPS) is 11.1. The Kier molecular flexibility index (Phi) is 5.21. The van der Waals surface area contributed by atoms with Crippen LogP contribution in [-0.4, -0.2) is 25.4 Å². The van der Waals surface area contributed by atoms with Gasteiger partial charge in [-0.1, -0.05) is 12.1 Å². The van der Waals surface area contributed by atoms with E-state index >= 15 is 0 Å². The molecule has 0 saturated carbocycles. The first-order valence-corrected chi connectivity index (χ1v) is 9.58. The molecule has 0 radical (unpaired) electrons. The molecule has 142 valence electrons. The third-order valence-corrected chi connectivity index (χ3v) is 5.53. The summed E-state index contributed by atoms with van der Waals surface area (Å²) < 4.78 is 25.7. The first-order chi connectivity index (χ1) is 13.3. The van der Waals surface area contributed by atoms with Gasteiger partial charge < -0.3 is 5.32 Å². The van der Waals surface area contributed by atoms with Crippen molar-refractivity contribution in [2.75, 3.05) is 12.4 Å². The van der Waals surface area contributed by atoms with Crippen LogP contribution in [0.4, 0.5) is 11.5 Å². The van der Waals surface area contributed by atoms with Gasteiger partial charge in [-0.25, -0.2) is 18.1 Å². The molecule has 10 heteroatoms. The highest BCUT2D eigenvalue weighted by atomic mass is 32.2. The maximum absolute atomic E-state index is 11.7. The SMILES string of the molecule is CNS(=O)(=O)c1ccc(CNc2cc(C#N)c3cc([N+](=O)[O-])ccc3n2)cc1. The van der Waals surface area contributed by atoms with Crippen LogP contribution in [0.5, 0.6) is 0 Å². The van der Waals surface area contributed by atoms with Crippen molar-refractivity contribution in [3.63, 3.8) is 0 Å². The van der Waals surface area contributed by atoms with Crippen molar-refractivity contribution in [1.82, 2.24) is 9.71 Å². The highest BCUT2D eigenvalue weighted by Gasteiger charge is 2.12. The smallest absolute Gasteiger partial charge is 0.270 e. The third kappa shape index (κ3) is 3.90. The lowest BCUT2D eigenvalue weighted by Crippen LogP contribution is -2.18. The van der Waals surface area contributed by atoms with Crippen LogP contribution in [0.2, 0.25) is 0 Å². The van der Waals surface area contributed by atoms with Crippen LogP contribution in [0.15, 0.2) is 53.4 Å². The Morgan fingerprint density at radius 2 is 1.89 bits per heavy atom. The number of aromatic nitrogens is 1. The van der Waals surface area contributed by atoms with Gasteiger partial charge in [-0.05, 0) is 36.9 Å². The number of nitrogens with one attached hydrogen (secondary N) is 2. The van der Waals surface area contributed by atoms with Crippen LogP contribution in [-0.2, 0) is 16.6 Å². The topological polar surface area (TPSA) is 138 Å². The molecule has 0 atom stereocenters. The first-order valence-electron chi connectivity index (χ1n) is 8.10. The van der Waals surface area contributed by atoms with E-state index in [0.29, 0.717) is 23.3 Å². The van der Waals surface area contributed by atoms with Gasteiger partial charge >= 0.3 is 0 Å². The maximum Gasteiger partial charge on any atom is 0.270 e. The van der Waals surface area contributed by atoms with Crippen LogP contribution in [0.1, 0.15) is 11.1 Å². The summed E-state index contributed by atoms with van der Waals surface area (Å²) in [6, 6.07) is 14.0. The Bertz CT molecular complexity index is 1200. The van der Waals surface area contributed by atoms with Gasteiger partial charge in [0.1, 0.15) is 5.82 Å². The van der Waals surface area contributed by atoms with Gasteiger partial charge in [-0.2, -0.15) is 5.26 Å². The molecular formula is C18H15N5O4S. The second kappa shape index (κ2) is 7.59. The fourth-order valence-electron chi connectivity index (χ4n) is 2.61. The highest BCUT2D eigenvalue weighted by Crippen LogP contribution is 2.25. The number of hydrogen-bond donors (Lipinski definition) is 2. The van der Waals surface area contributed by atoms with Crippen LogP contribution >= 0.6 is 0 Å². The lowest BCUT2D eigenvalue weighted by Gasteiger charge is -2.09. The zero-order chi connectivity index (χ0) is 20.3. The zero-order valence-corrected chi connectivity index (χ0v) is 15.5. The summed E-state index contributed by atoms with van der Waals surface area (Å²) in [4.78, 5) is 14.9. The molecule has 2 N–H and O–H groups in total. The molecule has 0 bridgehead atoms. The van der Waals surface area contributed by atoms with E-state index in [4.69, 9.17) is 0 Å². The number of rotatable bonds is 6. The predicted octanol–water partition coefficient (Wildman–Crippen LogP) is 2.53. The summed E-state index contributed by atoms with van der Waals surface area (Å²) in [5.41, 5.74) is 1.44. The predicted molar refractivity (Wildman–Crippen MR) is 103 cm³/mol. The van der Waals surface area contributed by atoms with E-state index in [-0.39, 0.29) is 16.1 Å². The number of pyridine rings is 1. The van der Waals surface area contributed by atoms with Crippen molar-refractivity contribution < 1.29 is 13.3 Å². The van der Waals surface area contributed by atoms with Gasteiger partial charge in [0, 0.05) is 24.1 Å². The van der Waals surface area contributed by atoms with Crippen LogP contribution in [0.3, 0.4) is 0 Å². The van der Waals surface area contributed by atoms with Gasteiger partial charge in [0.25, 0.3) is 5.69 Å². The molecule has 1 heterocycles. The van der Waals surface area contributed by atoms with E-state index in [1.807, 2.05) is 6.07 Å². The van der Waals surface area contributed by atoms with Gasteiger partial charge in [-0.3, -0.25) is 10.1 Å². The quantitative estimate of drug-likeness (QED) is 0.481. The number of sulfonamides is 1. The summed E-state index contributed by atoms with van der Waals surface area (Å²) in [6.45, 7) is 0.357. The van der Waals surface area contributed by atoms with E-state index in [1.165, 1.54) is 43.4 Å². The number of non-ortho nitro benzene ring substituents is 1. The molecule has 1 aromatic heterocycles. The molecule has 0 saturated heterocycles. The number of nitro groups is 1. The van der Waals surface area contributed by atoms with Gasteiger partial charge in [0.05, 0.1) is 27.0 Å². The van der Waals surface area contributed by atoms with Crippen molar-refractivity contribution in [2.24, 2.45) is 0 Å². The molecular weight excluding hydrogens is 382 g/mol. The van der Waals surface area contributed by atoms with Gasteiger partial charge in [-0.15, -0.1) is 0 Å². The standard InChI is InChI=1S/C18H15N5O4S/c1-20-28(26,27)15-5-2-12(3-6-15)11-21-18-8-13(10-19)16-9-14(23(24)25)4-7-17(16)22-18/h2-9,20H,11H2,1H3,(H,21,22). The van der Waals surface area contributed by atoms with Crippen molar-refractivity contribution in [2.45, 2.75) is 11.4 Å². The summed E-state index contributed by atoms with van der Waals surface area (Å²) in [5.74, 6) is 0.435. The molecule has 0 fully saturated rings. The molecule has 28 heavy (non-hydrogen) atoms. The number of nitrogens with zero attached hydrogens (tertiary/aromatic N) is 3. The fraction of sp³-hybridized carbons (Fsp3) is 0.111. The molecule has 3 rings (SSSR count). The molecule has 2 aromatic carbocycles. The summed E-state index contributed by atoms with van der Waals surface area (Å²) >= 11 is 0. The number of benzene rings is 2. The third-order valence-electron chi connectivity index (χ3n) is 4.10. The number of anilines is 1. The Morgan fingerprint density at radius 1 is 1.18 bits per heavy atom. The minimum atomic E-state index is -3.49. The molecule has 0 aliphatic rings. The lowest BCUT2D eigenvalue weighted by molar-refractivity contribution is -0.384. The Balaban J connectivity index is 1.84. The van der Waals surface area contributed by atoms with Crippen molar-refractivity contribution >= 4 is 32.4 Å². The monoisotopic (exact) mass is 397 g/mol. The minimum Gasteiger partial charge on any atom is -0.366 e. The lowest BCUT2D eigenvalue weighted by atomic mass is 10.1. The average Bonchev–Trinajstić information content (AvgIpc) is 2.71. The average molecular weight is 397 g/mol. The van der Waals surface area contributed by atoms with Crippen molar-refractivity contribution in [1.29, 1.82) is 5.26 Å². The van der Waals surface area contributed by atoms with Crippen LogP contribution in [0.25, 0.3) is 10.9 Å². The fourth-order valence-corrected chi connectivity index (χ4v) is 3.34. The number of nitriles is 1. The first kappa shape index (κ1) is 19.2. The highest BCUT2D eigenvalue weighted by molar-refractivity contribution is 7.89. The van der Waals surface area contributed by atoms with Crippen LogP contribution < -0.4 is 10.0 Å². The van der Waals surface area contributed by atoms with E-state index in [1.54, 1.807) is 12.1 Å². The zero-order valence-electron chi connectivity index (χ0n) is 14.7. The van der Waals surface area contributed by atoms with Gasteiger partial charge in [0.2, 0.25) is 10.0 Å². The number of nitro benzene ring substituents is 1. The summed E-state index contributed by atoms with van der Waals surface area (Å²) in [5, 5.41) is 23.8. The van der Waals surface area contributed by atoms with E-state index in [2.05, 4.69) is 15.0 Å². The Hall–Kier alpha value is -3.55. The molecule has 0 aliphatic heterocycles. The molecule has 0 unspecified atom stereocenters. The number of fused-ring (bicyclic) bond motifs is 1. The van der Waals surface area contributed by atoms with E-state index in [9.17, 15) is 23.8 Å². The molecule has 0 spiro atoms. The molecule has 9 nitrogen and oxygen atoms in total. The van der Waals surface area contributed by atoms with Crippen molar-refractivity contribution in [3.05, 3.63) is 69.8 Å². The number of hydrogen-bond acceptors (Lipinski definition) is 7. The van der Waals surface area contributed by atoms with Crippen LogP contribution in [0, 0.1) is 21.4 Å². The second-order valence-corrected chi connectivity index (χ2v) is 7.72. The van der Waals surface area contributed by atoms with Crippen molar-refractivity contribution in [3.8, 4) is 6.07 Å². The maximum atomic E-state index is 11.7.